The van der Waals surface area contributed by atoms with Gasteiger partial charge in [-0.3, -0.25) is 4.90 Å². The standard InChI is InChI=1S/C16H31N3/c1-2-8-18-9-3-6-16(13-17,7-10-18)19-12-14-4-5-15(19)11-14/h14-15H,2-13,17H2,1H3. The zero-order valence-corrected chi connectivity index (χ0v) is 12.6. The monoisotopic (exact) mass is 265 g/mol. The second kappa shape index (κ2) is 5.71. The highest BCUT2D eigenvalue weighted by Gasteiger charge is 2.47. The molecule has 0 amide bonds. The van der Waals surface area contributed by atoms with Crippen molar-refractivity contribution >= 4 is 0 Å². The van der Waals surface area contributed by atoms with Gasteiger partial charge >= 0.3 is 0 Å². The molecule has 19 heavy (non-hydrogen) atoms. The third kappa shape index (κ3) is 2.57. The maximum Gasteiger partial charge on any atom is 0.0347 e. The van der Waals surface area contributed by atoms with E-state index in [-0.39, 0.29) is 0 Å². The molecule has 3 atom stereocenters. The Bertz CT molecular complexity index is 306. The Morgan fingerprint density at radius 1 is 1.21 bits per heavy atom. The molecule has 0 aromatic heterocycles. The molecule has 3 aliphatic rings. The highest BCUT2D eigenvalue weighted by atomic mass is 15.3. The van der Waals surface area contributed by atoms with Crippen molar-refractivity contribution in [1.82, 2.24) is 9.80 Å². The average Bonchev–Trinajstić information content (AvgIpc) is 2.99. The van der Waals surface area contributed by atoms with Crippen LogP contribution in [0.1, 0.15) is 51.9 Å². The Balaban J connectivity index is 1.69. The largest absolute Gasteiger partial charge is 0.329 e. The third-order valence-electron chi connectivity index (χ3n) is 5.95. The lowest BCUT2D eigenvalue weighted by atomic mass is 9.86. The third-order valence-corrected chi connectivity index (χ3v) is 5.95. The van der Waals surface area contributed by atoms with Crippen molar-refractivity contribution in [2.45, 2.75) is 63.5 Å². The summed E-state index contributed by atoms with van der Waals surface area (Å²) in [5.74, 6) is 0.989. The van der Waals surface area contributed by atoms with Crippen molar-refractivity contribution in [2.24, 2.45) is 11.7 Å². The molecule has 0 aromatic carbocycles. The van der Waals surface area contributed by atoms with Gasteiger partial charge in [0.1, 0.15) is 0 Å². The van der Waals surface area contributed by atoms with E-state index in [0.29, 0.717) is 5.54 Å². The van der Waals surface area contributed by atoms with Crippen molar-refractivity contribution in [2.75, 3.05) is 32.7 Å². The van der Waals surface area contributed by atoms with Crippen molar-refractivity contribution in [3.63, 3.8) is 0 Å². The van der Waals surface area contributed by atoms with Gasteiger partial charge in [-0.25, -0.2) is 0 Å². The minimum absolute atomic E-state index is 0.336. The number of nitrogens with two attached hydrogens (primary N) is 1. The van der Waals surface area contributed by atoms with Gasteiger partial charge < -0.3 is 10.6 Å². The Kier molecular flexibility index (Phi) is 4.16. The van der Waals surface area contributed by atoms with E-state index >= 15 is 0 Å². The van der Waals surface area contributed by atoms with E-state index in [9.17, 15) is 0 Å². The fourth-order valence-electron chi connectivity index (χ4n) is 4.89. The molecule has 2 heterocycles. The molecule has 3 unspecified atom stereocenters. The predicted octanol–water partition coefficient (Wildman–Crippen LogP) is 2.06. The first kappa shape index (κ1) is 13.8. The first-order chi connectivity index (χ1) is 9.27. The van der Waals surface area contributed by atoms with Crippen LogP contribution in [0.5, 0.6) is 0 Å². The van der Waals surface area contributed by atoms with Gasteiger partial charge in [-0.1, -0.05) is 6.92 Å². The van der Waals surface area contributed by atoms with Crippen LogP contribution in [0.4, 0.5) is 0 Å². The maximum atomic E-state index is 6.28. The summed E-state index contributed by atoms with van der Waals surface area (Å²) in [4.78, 5) is 5.50. The van der Waals surface area contributed by atoms with Crippen LogP contribution < -0.4 is 5.73 Å². The molecule has 3 fully saturated rings. The van der Waals surface area contributed by atoms with Crippen LogP contribution in [0.2, 0.25) is 0 Å². The minimum atomic E-state index is 0.336. The van der Waals surface area contributed by atoms with E-state index in [0.717, 1.165) is 18.5 Å². The summed E-state index contributed by atoms with van der Waals surface area (Å²) in [6, 6.07) is 0.867. The van der Waals surface area contributed by atoms with Gasteiger partial charge in [0.05, 0.1) is 0 Å². The van der Waals surface area contributed by atoms with Crippen LogP contribution in [0.3, 0.4) is 0 Å². The number of fused-ring (bicyclic) bond motifs is 2. The van der Waals surface area contributed by atoms with Crippen molar-refractivity contribution < 1.29 is 0 Å². The van der Waals surface area contributed by atoms with E-state index in [1.165, 1.54) is 71.1 Å². The molecule has 2 aliphatic heterocycles. The number of piperidine rings is 1. The molecule has 3 heteroatoms. The second-order valence-electron chi connectivity index (χ2n) is 7.11. The predicted molar refractivity (Wildman–Crippen MR) is 80.2 cm³/mol. The van der Waals surface area contributed by atoms with Crippen LogP contribution in [-0.2, 0) is 0 Å². The molecule has 0 spiro atoms. The van der Waals surface area contributed by atoms with Gasteiger partial charge in [0.25, 0.3) is 0 Å². The average molecular weight is 265 g/mol. The highest BCUT2D eigenvalue weighted by molar-refractivity contribution is 5.04. The summed E-state index contributed by atoms with van der Waals surface area (Å²) in [6.07, 6.45) is 9.62. The van der Waals surface area contributed by atoms with Crippen LogP contribution in [0.25, 0.3) is 0 Å². The quantitative estimate of drug-likeness (QED) is 0.844. The van der Waals surface area contributed by atoms with Crippen LogP contribution in [-0.4, -0.2) is 54.1 Å². The summed E-state index contributed by atoms with van der Waals surface area (Å²) >= 11 is 0. The Morgan fingerprint density at radius 3 is 2.74 bits per heavy atom. The highest BCUT2D eigenvalue weighted by Crippen LogP contribution is 2.44. The van der Waals surface area contributed by atoms with Crippen molar-refractivity contribution in [1.29, 1.82) is 0 Å². The van der Waals surface area contributed by atoms with E-state index < -0.39 is 0 Å². The number of rotatable bonds is 4. The Morgan fingerprint density at radius 2 is 2.11 bits per heavy atom. The number of hydrogen-bond acceptors (Lipinski definition) is 3. The topological polar surface area (TPSA) is 32.5 Å². The van der Waals surface area contributed by atoms with Crippen molar-refractivity contribution in [3.8, 4) is 0 Å². The van der Waals surface area contributed by atoms with Gasteiger partial charge in [0.2, 0.25) is 0 Å². The smallest absolute Gasteiger partial charge is 0.0347 e. The van der Waals surface area contributed by atoms with E-state index in [1.807, 2.05) is 0 Å². The molecule has 2 saturated heterocycles. The van der Waals surface area contributed by atoms with Gasteiger partial charge in [-0.15, -0.1) is 0 Å². The second-order valence-corrected chi connectivity index (χ2v) is 7.11. The molecule has 2 bridgehead atoms. The number of likely N-dealkylation sites (tertiary alicyclic amines) is 2. The fourth-order valence-corrected chi connectivity index (χ4v) is 4.89. The van der Waals surface area contributed by atoms with Gasteiger partial charge in [0.15, 0.2) is 0 Å². The molecule has 110 valence electrons. The SMILES string of the molecule is CCCN1CCCC(CN)(N2CC3CCC2C3)CC1. The van der Waals surface area contributed by atoms with E-state index in [2.05, 4.69) is 16.7 Å². The number of hydrogen-bond donors (Lipinski definition) is 1. The fraction of sp³-hybridized carbons (Fsp3) is 1.00. The van der Waals surface area contributed by atoms with E-state index in [4.69, 9.17) is 5.73 Å². The molecule has 0 aromatic rings. The maximum absolute atomic E-state index is 6.28. The number of nitrogens with zero attached hydrogens (tertiary/aromatic N) is 2. The summed E-state index contributed by atoms with van der Waals surface area (Å²) in [5, 5.41) is 0. The van der Waals surface area contributed by atoms with E-state index in [1.54, 1.807) is 0 Å². The summed E-state index contributed by atoms with van der Waals surface area (Å²) < 4.78 is 0. The molecule has 1 aliphatic carbocycles. The first-order valence-corrected chi connectivity index (χ1v) is 8.46. The lowest BCUT2D eigenvalue weighted by Gasteiger charge is -2.45. The summed E-state index contributed by atoms with van der Waals surface area (Å²) in [5.41, 5.74) is 6.61. The summed E-state index contributed by atoms with van der Waals surface area (Å²) in [7, 11) is 0. The zero-order valence-electron chi connectivity index (χ0n) is 12.6. The molecular weight excluding hydrogens is 234 g/mol. The lowest BCUT2D eigenvalue weighted by Crippen LogP contribution is -2.57. The van der Waals surface area contributed by atoms with Gasteiger partial charge in [0, 0.05) is 24.7 Å². The molecule has 0 radical (unpaired) electrons. The van der Waals surface area contributed by atoms with Gasteiger partial charge in [-0.05, 0) is 70.5 Å². The molecule has 1 saturated carbocycles. The molecule has 3 rings (SSSR count). The Hall–Kier alpha value is -0.120. The minimum Gasteiger partial charge on any atom is -0.329 e. The Labute approximate surface area is 118 Å². The first-order valence-electron chi connectivity index (χ1n) is 8.46. The molecular formula is C16H31N3. The van der Waals surface area contributed by atoms with Crippen LogP contribution in [0, 0.1) is 5.92 Å². The molecule has 3 nitrogen and oxygen atoms in total. The normalized spacial score (nSPS) is 40.7. The van der Waals surface area contributed by atoms with Crippen LogP contribution >= 0.6 is 0 Å². The summed E-state index contributed by atoms with van der Waals surface area (Å²) in [6.45, 7) is 8.33. The van der Waals surface area contributed by atoms with Crippen molar-refractivity contribution in [3.05, 3.63) is 0 Å². The van der Waals surface area contributed by atoms with Gasteiger partial charge in [-0.2, -0.15) is 0 Å². The molecule has 2 N–H and O–H groups in total. The zero-order chi connectivity index (χ0) is 13.3. The van der Waals surface area contributed by atoms with Crippen LogP contribution in [0.15, 0.2) is 0 Å². The lowest BCUT2D eigenvalue weighted by molar-refractivity contribution is 0.0476.